The van der Waals surface area contributed by atoms with Gasteiger partial charge in [-0.1, -0.05) is 84.9 Å². The Labute approximate surface area is 256 Å². The van der Waals surface area contributed by atoms with Crippen molar-refractivity contribution in [2.45, 2.75) is 48.3 Å². The van der Waals surface area contributed by atoms with Gasteiger partial charge in [0.25, 0.3) is 0 Å². The van der Waals surface area contributed by atoms with Crippen LogP contribution >= 0.6 is 0 Å². The number of aliphatic hydroxyl groups is 1. The Bertz CT molecular complexity index is 1400. The molecule has 0 bridgehead atoms. The minimum Gasteiger partial charge on any atom is -0.459 e. The zero-order chi connectivity index (χ0) is 30.7. The van der Waals surface area contributed by atoms with Gasteiger partial charge in [0, 0.05) is 25.0 Å². The van der Waals surface area contributed by atoms with E-state index in [1.165, 1.54) is 4.31 Å². The number of carbonyl (C=O) groups excluding carboxylic acids is 1. The summed E-state index contributed by atoms with van der Waals surface area (Å²) in [5.74, 6) is -0.341. The zero-order valence-electron chi connectivity index (χ0n) is 24.8. The summed E-state index contributed by atoms with van der Waals surface area (Å²) in [6.07, 6.45) is 3.86. The van der Waals surface area contributed by atoms with Crippen LogP contribution in [0.15, 0.2) is 109 Å². The number of hydrogen-bond donors (Lipinski definition) is 2. The van der Waals surface area contributed by atoms with Crippen LogP contribution in [0.5, 0.6) is 0 Å². The van der Waals surface area contributed by atoms with Gasteiger partial charge in [-0.2, -0.15) is 4.31 Å². The van der Waals surface area contributed by atoms with Crippen LogP contribution in [0.25, 0.3) is 0 Å². The van der Waals surface area contributed by atoms with E-state index < -0.39 is 21.5 Å². The van der Waals surface area contributed by atoms with Crippen molar-refractivity contribution in [3.63, 3.8) is 0 Å². The summed E-state index contributed by atoms with van der Waals surface area (Å²) in [4.78, 5) is 15.3. The maximum Gasteiger partial charge on any atom is 0.327 e. The minimum atomic E-state index is -3.73. The van der Waals surface area contributed by atoms with E-state index in [2.05, 4.69) is 16.8 Å². The molecule has 1 aliphatic heterocycles. The molecule has 1 saturated heterocycles. The summed E-state index contributed by atoms with van der Waals surface area (Å²) in [5, 5.41) is 14.2. The molecule has 9 heteroatoms. The molecule has 3 aromatic rings. The van der Waals surface area contributed by atoms with Gasteiger partial charge in [0.05, 0.1) is 11.5 Å². The number of hydrogen-bond acceptors (Lipinski definition) is 7. The lowest BCUT2D eigenvalue weighted by Crippen LogP contribution is -2.50. The second kappa shape index (κ2) is 15.4. The molecule has 0 spiro atoms. The number of ether oxygens (including phenoxy) is 1. The lowest BCUT2D eigenvalue weighted by atomic mass is 9.77. The average Bonchev–Trinajstić information content (AvgIpc) is 3.06. The Morgan fingerprint density at radius 2 is 1.63 bits per heavy atom. The molecular weight excluding hydrogens is 562 g/mol. The summed E-state index contributed by atoms with van der Waals surface area (Å²) in [7, 11) is -2.15. The van der Waals surface area contributed by atoms with E-state index >= 15 is 0 Å². The van der Waals surface area contributed by atoms with Crippen molar-refractivity contribution in [2.75, 3.05) is 39.8 Å². The molecule has 0 aliphatic carbocycles. The summed E-state index contributed by atoms with van der Waals surface area (Å²) >= 11 is 0. The second-order valence-electron chi connectivity index (χ2n) is 11.2. The normalized spacial score (nSPS) is 16.8. The summed E-state index contributed by atoms with van der Waals surface area (Å²) in [6, 6.07) is 27.2. The van der Waals surface area contributed by atoms with Crippen LogP contribution < -0.4 is 5.32 Å². The predicted octanol–water partition coefficient (Wildman–Crippen LogP) is 3.98. The minimum absolute atomic E-state index is 0.141. The number of likely N-dealkylation sites (N-methyl/N-ethyl adjacent to an activating group) is 1. The zero-order valence-corrected chi connectivity index (χ0v) is 25.7. The molecule has 0 amide bonds. The molecule has 43 heavy (non-hydrogen) atoms. The van der Waals surface area contributed by atoms with Crippen molar-refractivity contribution in [2.24, 2.45) is 0 Å². The first-order chi connectivity index (χ1) is 20.8. The number of carbonyl (C=O) groups is 1. The molecule has 2 unspecified atom stereocenters. The number of nitrogens with zero attached hydrogens (tertiary/aromatic N) is 2. The molecule has 1 aliphatic rings. The van der Waals surface area contributed by atoms with Gasteiger partial charge in [-0.15, -0.1) is 6.58 Å². The first-order valence-electron chi connectivity index (χ1n) is 14.8. The van der Waals surface area contributed by atoms with Crippen molar-refractivity contribution in [3.8, 4) is 0 Å². The van der Waals surface area contributed by atoms with E-state index in [0.29, 0.717) is 13.0 Å². The van der Waals surface area contributed by atoms with Crippen LogP contribution in [0.1, 0.15) is 30.4 Å². The molecule has 0 aromatic heterocycles. The van der Waals surface area contributed by atoms with Gasteiger partial charge in [0.1, 0.15) is 12.6 Å². The third-order valence-electron chi connectivity index (χ3n) is 8.29. The average molecular weight is 606 g/mol. The second-order valence-corrected chi connectivity index (χ2v) is 13.3. The van der Waals surface area contributed by atoms with Gasteiger partial charge in [-0.3, -0.25) is 5.32 Å². The van der Waals surface area contributed by atoms with Crippen LogP contribution in [0.3, 0.4) is 0 Å². The Hall–Kier alpha value is -3.34. The maximum absolute atomic E-state index is 13.4. The van der Waals surface area contributed by atoms with Gasteiger partial charge in [-0.25, -0.2) is 13.2 Å². The van der Waals surface area contributed by atoms with E-state index in [1.807, 2.05) is 60.7 Å². The molecule has 230 valence electrons. The Morgan fingerprint density at radius 3 is 2.21 bits per heavy atom. The van der Waals surface area contributed by atoms with Crippen molar-refractivity contribution in [1.82, 2.24) is 14.5 Å². The SMILES string of the molecule is C=CC(NC1CCN(CCC(CO)(CN(C)S(=O)(=O)c2ccccc2)c2ccccc2)CC1)C(=O)OCc1ccccc1. The highest BCUT2D eigenvalue weighted by molar-refractivity contribution is 7.89. The lowest BCUT2D eigenvalue weighted by Gasteiger charge is -2.39. The van der Waals surface area contributed by atoms with E-state index in [1.54, 1.807) is 43.5 Å². The number of likely N-dealkylation sites (tertiary alicyclic amines) is 1. The molecule has 2 atom stereocenters. The predicted molar refractivity (Wildman–Crippen MR) is 169 cm³/mol. The quantitative estimate of drug-likeness (QED) is 0.200. The van der Waals surface area contributed by atoms with Crippen molar-refractivity contribution < 1.29 is 23.1 Å². The van der Waals surface area contributed by atoms with Gasteiger partial charge < -0.3 is 14.7 Å². The number of rotatable bonds is 15. The molecule has 2 N–H and O–H groups in total. The largest absolute Gasteiger partial charge is 0.459 e. The number of sulfonamides is 1. The maximum atomic E-state index is 13.4. The first kappa shape index (κ1) is 32.6. The summed E-state index contributed by atoms with van der Waals surface area (Å²) < 4.78 is 33.6. The number of piperidine rings is 1. The molecule has 8 nitrogen and oxygen atoms in total. The van der Waals surface area contributed by atoms with E-state index in [4.69, 9.17) is 4.74 Å². The van der Waals surface area contributed by atoms with Crippen molar-refractivity contribution in [3.05, 3.63) is 115 Å². The molecule has 1 heterocycles. The van der Waals surface area contributed by atoms with Crippen LogP contribution in [-0.2, 0) is 31.6 Å². The first-order valence-corrected chi connectivity index (χ1v) is 16.2. The highest BCUT2D eigenvalue weighted by Crippen LogP contribution is 2.31. The smallest absolute Gasteiger partial charge is 0.327 e. The topological polar surface area (TPSA) is 99.2 Å². The van der Waals surface area contributed by atoms with Gasteiger partial charge in [-0.05, 0) is 62.2 Å². The molecule has 0 radical (unpaired) electrons. The van der Waals surface area contributed by atoms with Crippen molar-refractivity contribution in [1.29, 1.82) is 0 Å². The van der Waals surface area contributed by atoms with Crippen LogP contribution in [-0.4, -0.2) is 80.6 Å². The van der Waals surface area contributed by atoms with Gasteiger partial charge in [0.2, 0.25) is 10.0 Å². The number of nitrogens with one attached hydrogen (secondary N) is 1. The van der Waals surface area contributed by atoms with E-state index in [-0.39, 0.29) is 36.7 Å². The summed E-state index contributed by atoms with van der Waals surface area (Å²) in [6.45, 7) is 6.34. The standard InChI is InChI=1S/C34H43N3O5S/c1-3-32(33(39)42-25-28-13-7-4-8-14-28)35-30-19-22-37(23-20-30)24-21-34(27-38,29-15-9-5-10-16-29)26-36(2)43(40,41)31-17-11-6-12-18-31/h3-18,30,32,35,38H,1,19-27H2,2H3. The Morgan fingerprint density at radius 1 is 1.05 bits per heavy atom. The number of esters is 1. The van der Waals surface area contributed by atoms with Gasteiger partial charge >= 0.3 is 5.97 Å². The fourth-order valence-corrected chi connectivity index (χ4v) is 6.89. The van der Waals surface area contributed by atoms with E-state index in [0.717, 1.165) is 37.1 Å². The monoisotopic (exact) mass is 605 g/mol. The fraction of sp³-hybridized carbons (Fsp3) is 0.382. The van der Waals surface area contributed by atoms with Gasteiger partial charge in [0.15, 0.2) is 0 Å². The molecule has 4 rings (SSSR count). The van der Waals surface area contributed by atoms with Crippen LogP contribution in [0, 0.1) is 0 Å². The molecule has 3 aromatic carbocycles. The number of benzene rings is 3. The molecule has 0 saturated carbocycles. The molecule has 1 fully saturated rings. The third-order valence-corrected chi connectivity index (χ3v) is 10.1. The highest BCUT2D eigenvalue weighted by Gasteiger charge is 2.37. The number of aliphatic hydroxyl groups excluding tert-OH is 1. The van der Waals surface area contributed by atoms with Crippen LogP contribution in [0.4, 0.5) is 0 Å². The lowest BCUT2D eigenvalue weighted by molar-refractivity contribution is -0.146. The summed E-state index contributed by atoms with van der Waals surface area (Å²) in [5.41, 5.74) is 1.07. The third kappa shape index (κ3) is 8.61. The van der Waals surface area contributed by atoms with Crippen LogP contribution in [0.2, 0.25) is 0 Å². The Kier molecular flexibility index (Phi) is 11.7. The van der Waals surface area contributed by atoms with E-state index in [9.17, 15) is 18.3 Å². The molecular formula is C34H43N3O5S. The van der Waals surface area contributed by atoms with Crippen molar-refractivity contribution >= 4 is 16.0 Å². The Balaban J connectivity index is 1.35. The highest BCUT2D eigenvalue weighted by atomic mass is 32.2. The fourth-order valence-electron chi connectivity index (χ4n) is 5.61.